The number of nitrogens with one attached hydrogen (secondary N) is 2. The zero-order valence-electron chi connectivity index (χ0n) is 10.9. The molecule has 4 aromatic heterocycles. The van der Waals surface area contributed by atoms with E-state index in [1.807, 2.05) is 18.3 Å². The van der Waals surface area contributed by atoms with Crippen molar-refractivity contribution in [3.63, 3.8) is 0 Å². The zero-order chi connectivity index (χ0) is 13.1. The second-order valence-electron chi connectivity index (χ2n) is 4.97. The van der Waals surface area contributed by atoms with Crippen LogP contribution in [-0.4, -0.2) is 19.9 Å². The van der Waals surface area contributed by atoms with Gasteiger partial charge in [0.1, 0.15) is 5.65 Å². The maximum absolute atomic E-state index is 4.59. The maximum Gasteiger partial charge on any atom is 0.139 e. The molecule has 102 valence electrons. The van der Waals surface area contributed by atoms with Gasteiger partial charge in [0.15, 0.2) is 0 Å². The van der Waals surface area contributed by atoms with Gasteiger partial charge in [0.2, 0.25) is 0 Å². The van der Waals surface area contributed by atoms with E-state index in [1.165, 1.54) is 10.8 Å². The Balaban J connectivity index is 0.00000115. The van der Waals surface area contributed by atoms with Crippen LogP contribution in [0.15, 0.2) is 48.8 Å². The van der Waals surface area contributed by atoms with Crippen molar-refractivity contribution in [1.82, 2.24) is 19.9 Å². The number of nitrogens with zero attached hydrogens (tertiary/aromatic N) is 2. The Kier molecular flexibility index (Phi) is 2.43. The molecule has 1 aromatic carbocycles. The van der Waals surface area contributed by atoms with Gasteiger partial charge in [-0.2, -0.15) is 0 Å². The summed E-state index contributed by atoms with van der Waals surface area (Å²) in [5.41, 5.74) is 5.08. The number of fused-ring (bicyclic) bond motifs is 7. The molecule has 2 N–H and O–H groups in total. The molecule has 0 spiro atoms. The third-order valence-electron chi connectivity index (χ3n) is 3.85. The molecule has 0 saturated heterocycles. The average Bonchev–Trinajstić information content (AvgIpc) is 3.04. The van der Waals surface area contributed by atoms with Gasteiger partial charge in [0.25, 0.3) is 0 Å². The Morgan fingerprint density at radius 2 is 1.67 bits per heavy atom. The molecule has 4 nitrogen and oxygen atoms in total. The fraction of sp³-hybridized carbons (Fsp3) is 0. The molecule has 0 amide bonds. The second kappa shape index (κ2) is 4.20. The number of rotatable bonds is 0. The summed E-state index contributed by atoms with van der Waals surface area (Å²) in [6, 6.07) is 12.3. The number of hydrogen-bond donors (Lipinski definition) is 2. The molecule has 0 unspecified atom stereocenters. The third-order valence-corrected chi connectivity index (χ3v) is 3.85. The molecule has 4 heterocycles. The van der Waals surface area contributed by atoms with Crippen LogP contribution in [0.4, 0.5) is 0 Å². The molecule has 5 rings (SSSR count). The van der Waals surface area contributed by atoms with Gasteiger partial charge in [0, 0.05) is 27.9 Å². The van der Waals surface area contributed by atoms with Crippen LogP contribution in [0, 0.1) is 0 Å². The monoisotopic (exact) mass is 294 g/mol. The molecule has 5 aromatic rings. The summed E-state index contributed by atoms with van der Waals surface area (Å²) in [5.74, 6) is 0. The molecule has 21 heavy (non-hydrogen) atoms. The minimum atomic E-state index is 0. The van der Waals surface area contributed by atoms with Crippen molar-refractivity contribution in [2.24, 2.45) is 0 Å². The normalized spacial score (nSPS) is 11.4. The molecule has 0 radical (unpaired) electrons. The van der Waals surface area contributed by atoms with Gasteiger partial charge in [-0.05, 0) is 18.2 Å². The molecule has 0 aliphatic rings. The first kappa shape index (κ1) is 12.2. The highest BCUT2D eigenvalue weighted by Crippen LogP contribution is 2.33. The first-order valence-corrected chi connectivity index (χ1v) is 6.53. The first-order valence-electron chi connectivity index (χ1n) is 6.53. The SMILES string of the molecule is Cl.c1ccc2c(c1)[nH]c1cnc3c4cccnc4[nH]c3c12. The van der Waals surface area contributed by atoms with Gasteiger partial charge in [0.05, 0.1) is 22.7 Å². The van der Waals surface area contributed by atoms with E-state index >= 15 is 0 Å². The zero-order valence-corrected chi connectivity index (χ0v) is 11.7. The second-order valence-corrected chi connectivity index (χ2v) is 4.97. The molecular weight excluding hydrogens is 284 g/mol. The molecule has 5 heteroatoms. The topological polar surface area (TPSA) is 57.4 Å². The maximum atomic E-state index is 4.59. The Labute approximate surface area is 125 Å². The van der Waals surface area contributed by atoms with Gasteiger partial charge in [-0.25, -0.2) is 4.98 Å². The lowest BCUT2D eigenvalue weighted by Gasteiger charge is -1.93. The van der Waals surface area contributed by atoms with E-state index in [0.29, 0.717) is 0 Å². The van der Waals surface area contributed by atoms with Crippen molar-refractivity contribution >= 4 is 56.3 Å². The van der Waals surface area contributed by atoms with Gasteiger partial charge < -0.3 is 9.97 Å². The predicted octanol–water partition coefficient (Wildman–Crippen LogP) is 4.17. The van der Waals surface area contributed by atoms with E-state index in [9.17, 15) is 0 Å². The smallest absolute Gasteiger partial charge is 0.139 e. The summed E-state index contributed by atoms with van der Waals surface area (Å²) in [7, 11) is 0. The molecular formula is C16H11ClN4. The number of aromatic nitrogens is 4. The van der Waals surface area contributed by atoms with Gasteiger partial charge in [-0.3, -0.25) is 4.98 Å². The van der Waals surface area contributed by atoms with Crippen LogP contribution >= 0.6 is 12.4 Å². The van der Waals surface area contributed by atoms with Crippen molar-refractivity contribution in [2.45, 2.75) is 0 Å². The van der Waals surface area contributed by atoms with E-state index in [-0.39, 0.29) is 12.4 Å². The van der Waals surface area contributed by atoms with Crippen LogP contribution in [-0.2, 0) is 0 Å². The van der Waals surface area contributed by atoms with Crippen molar-refractivity contribution in [3.8, 4) is 0 Å². The predicted molar refractivity (Wildman–Crippen MR) is 88.0 cm³/mol. The van der Waals surface area contributed by atoms with E-state index in [2.05, 4.69) is 44.2 Å². The summed E-state index contributed by atoms with van der Waals surface area (Å²) in [5, 5.41) is 3.46. The highest BCUT2D eigenvalue weighted by atomic mass is 35.5. The average molecular weight is 295 g/mol. The lowest BCUT2D eigenvalue weighted by molar-refractivity contribution is 1.35. The summed E-state index contributed by atoms with van der Waals surface area (Å²) >= 11 is 0. The van der Waals surface area contributed by atoms with E-state index < -0.39 is 0 Å². The Hall–Kier alpha value is -2.59. The van der Waals surface area contributed by atoms with E-state index in [0.717, 1.165) is 33.1 Å². The molecule has 0 bridgehead atoms. The van der Waals surface area contributed by atoms with Crippen molar-refractivity contribution in [1.29, 1.82) is 0 Å². The summed E-state index contributed by atoms with van der Waals surface area (Å²) in [6.45, 7) is 0. The van der Waals surface area contributed by atoms with Crippen LogP contribution in [0.5, 0.6) is 0 Å². The summed E-state index contributed by atoms with van der Waals surface area (Å²) in [4.78, 5) is 15.8. The number of H-pyrrole nitrogens is 2. The van der Waals surface area contributed by atoms with Crippen LogP contribution < -0.4 is 0 Å². The van der Waals surface area contributed by atoms with Gasteiger partial charge >= 0.3 is 0 Å². The Bertz CT molecular complexity index is 1110. The van der Waals surface area contributed by atoms with Crippen LogP contribution in [0.3, 0.4) is 0 Å². The fourth-order valence-corrected chi connectivity index (χ4v) is 2.98. The Morgan fingerprint density at radius 1 is 0.810 bits per heavy atom. The van der Waals surface area contributed by atoms with Crippen molar-refractivity contribution < 1.29 is 0 Å². The Morgan fingerprint density at radius 3 is 2.62 bits per heavy atom. The minimum Gasteiger partial charge on any atom is -0.353 e. The first-order chi connectivity index (χ1) is 9.92. The fourth-order valence-electron chi connectivity index (χ4n) is 2.98. The molecule has 0 aliphatic carbocycles. The number of halogens is 1. The molecule has 0 fully saturated rings. The van der Waals surface area contributed by atoms with Crippen LogP contribution in [0.2, 0.25) is 0 Å². The largest absolute Gasteiger partial charge is 0.353 e. The number of pyridine rings is 2. The molecule has 0 atom stereocenters. The number of benzene rings is 1. The van der Waals surface area contributed by atoms with Gasteiger partial charge in [-0.15, -0.1) is 12.4 Å². The van der Waals surface area contributed by atoms with Gasteiger partial charge in [-0.1, -0.05) is 18.2 Å². The minimum absolute atomic E-state index is 0. The standard InChI is InChI=1S/C16H10N4.ClH/c1-2-6-11-9(4-1)13-12(19-11)8-18-14-10-5-3-7-17-16(10)20-15(13)14;/h1-8,19H,(H,17,20);1H. The molecule has 0 saturated carbocycles. The number of aromatic amines is 2. The number of para-hydroxylation sites is 1. The highest BCUT2D eigenvalue weighted by molar-refractivity contribution is 6.22. The van der Waals surface area contributed by atoms with Crippen molar-refractivity contribution in [2.75, 3.05) is 0 Å². The highest BCUT2D eigenvalue weighted by Gasteiger charge is 2.13. The van der Waals surface area contributed by atoms with Crippen LogP contribution in [0.25, 0.3) is 43.9 Å². The number of hydrogen-bond acceptors (Lipinski definition) is 2. The lowest BCUT2D eigenvalue weighted by atomic mass is 10.1. The van der Waals surface area contributed by atoms with E-state index in [4.69, 9.17) is 0 Å². The molecule has 0 aliphatic heterocycles. The van der Waals surface area contributed by atoms with E-state index in [1.54, 1.807) is 6.20 Å². The quantitative estimate of drug-likeness (QED) is 0.450. The van der Waals surface area contributed by atoms with Crippen molar-refractivity contribution in [3.05, 3.63) is 48.8 Å². The lowest BCUT2D eigenvalue weighted by Crippen LogP contribution is -1.76. The summed E-state index contributed by atoms with van der Waals surface area (Å²) < 4.78 is 0. The third kappa shape index (κ3) is 1.51. The van der Waals surface area contributed by atoms with Crippen LogP contribution in [0.1, 0.15) is 0 Å². The summed E-state index contributed by atoms with van der Waals surface area (Å²) in [6.07, 6.45) is 3.70.